The van der Waals surface area contributed by atoms with E-state index in [1.165, 1.54) is 0 Å². The zero-order chi connectivity index (χ0) is 13.0. The predicted octanol–water partition coefficient (Wildman–Crippen LogP) is 1.98. The zero-order valence-electron chi connectivity index (χ0n) is 10.2. The molecule has 0 aliphatic carbocycles. The van der Waals surface area contributed by atoms with Crippen LogP contribution in [0.4, 0.5) is 0 Å². The molecule has 0 amide bonds. The fraction of sp³-hybridized carbons (Fsp3) is 0.308. The van der Waals surface area contributed by atoms with E-state index in [0.717, 1.165) is 24.1 Å². The fourth-order valence-electron chi connectivity index (χ4n) is 1.78. The maximum Gasteiger partial charge on any atom is 0.307 e. The number of carboxylic acid groups (broad SMARTS) is 1. The summed E-state index contributed by atoms with van der Waals surface area (Å²) in [6.07, 6.45) is 8.04. The van der Waals surface area contributed by atoms with Gasteiger partial charge in [-0.05, 0) is 18.1 Å². The lowest BCUT2D eigenvalue weighted by Crippen LogP contribution is -2.00. The van der Waals surface area contributed by atoms with E-state index < -0.39 is 5.97 Å². The number of pyridine rings is 1. The van der Waals surface area contributed by atoms with Crippen LogP contribution < -0.4 is 0 Å². The van der Waals surface area contributed by atoms with Gasteiger partial charge in [0.05, 0.1) is 12.6 Å². The number of nitrogens with zero attached hydrogens (tertiary/aromatic N) is 3. The number of hydrogen-bond donors (Lipinski definition) is 1. The van der Waals surface area contributed by atoms with Crippen molar-refractivity contribution in [3.8, 4) is 11.1 Å². The van der Waals surface area contributed by atoms with Gasteiger partial charge < -0.3 is 5.11 Å². The molecule has 0 atom stereocenters. The summed E-state index contributed by atoms with van der Waals surface area (Å²) in [6.45, 7) is 2.97. The highest BCUT2D eigenvalue weighted by Gasteiger charge is 2.05. The SMILES string of the molecule is CCCn1cc(-c2cncc(CC(=O)O)c2)cn1. The molecule has 0 radical (unpaired) electrons. The largest absolute Gasteiger partial charge is 0.481 e. The van der Waals surface area contributed by atoms with Crippen molar-refractivity contribution in [2.75, 3.05) is 0 Å². The van der Waals surface area contributed by atoms with Gasteiger partial charge in [0.1, 0.15) is 0 Å². The van der Waals surface area contributed by atoms with E-state index in [1.807, 2.05) is 16.9 Å². The third kappa shape index (κ3) is 2.94. The first-order valence-electron chi connectivity index (χ1n) is 5.87. The Labute approximate surface area is 105 Å². The molecular weight excluding hydrogens is 230 g/mol. The maximum absolute atomic E-state index is 10.7. The molecule has 0 bridgehead atoms. The second-order valence-corrected chi connectivity index (χ2v) is 4.14. The third-order valence-electron chi connectivity index (χ3n) is 2.57. The first kappa shape index (κ1) is 12.3. The van der Waals surface area contributed by atoms with Crippen LogP contribution in [0.5, 0.6) is 0 Å². The molecular formula is C13H15N3O2. The maximum atomic E-state index is 10.7. The molecule has 0 saturated heterocycles. The molecule has 0 aromatic carbocycles. The lowest BCUT2D eigenvalue weighted by atomic mass is 10.1. The summed E-state index contributed by atoms with van der Waals surface area (Å²) in [5.74, 6) is -0.851. The normalized spacial score (nSPS) is 10.5. The Balaban J connectivity index is 2.23. The second-order valence-electron chi connectivity index (χ2n) is 4.14. The van der Waals surface area contributed by atoms with Crippen molar-refractivity contribution in [3.05, 3.63) is 36.4 Å². The van der Waals surface area contributed by atoms with Crippen molar-refractivity contribution in [2.45, 2.75) is 26.3 Å². The van der Waals surface area contributed by atoms with Gasteiger partial charge in [0.25, 0.3) is 0 Å². The monoisotopic (exact) mass is 245 g/mol. The molecule has 2 aromatic rings. The molecule has 2 heterocycles. The highest BCUT2D eigenvalue weighted by molar-refractivity contribution is 5.71. The molecule has 0 aliphatic rings. The van der Waals surface area contributed by atoms with Gasteiger partial charge in [-0.1, -0.05) is 6.92 Å². The number of carboxylic acids is 1. The molecule has 0 spiro atoms. The quantitative estimate of drug-likeness (QED) is 0.874. The summed E-state index contributed by atoms with van der Waals surface area (Å²) in [7, 11) is 0. The smallest absolute Gasteiger partial charge is 0.307 e. The summed E-state index contributed by atoms with van der Waals surface area (Å²) >= 11 is 0. The van der Waals surface area contributed by atoms with Crippen LogP contribution in [0.2, 0.25) is 0 Å². The van der Waals surface area contributed by atoms with E-state index in [1.54, 1.807) is 18.6 Å². The lowest BCUT2D eigenvalue weighted by molar-refractivity contribution is -0.136. The topological polar surface area (TPSA) is 68.0 Å². The molecule has 5 nitrogen and oxygen atoms in total. The van der Waals surface area contributed by atoms with E-state index in [-0.39, 0.29) is 6.42 Å². The van der Waals surface area contributed by atoms with Crippen molar-refractivity contribution >= 4 is 5.97 Å². The lowest BCUT2D eigenvalue weighted by Gasteiger charge is -2.00. The van der Waals surface area contributed by atoms with Gasteiger partial charge in [-0.25, -0.2) is 0 Å². The Bertz CT molecular complexity index is 549. The molecule has 18 heavy (non-hydrogen) atoms. The Morgan fingerprint density at radius 3 is 2.89 bits per heavy atom. The average Bonchev–Trinajstić information content (AvgIpc) is 2.78. The predicted molar refractivity (Wildman–Crippen MR) is 67.1 cm³/mol. The summed E-state index contributed by atoms with van der Waals surface area (Å²) in [6, 6.07) is 1.84. The molecule has 1 N–H and O–H groups in total. The highest BCUT2D eigenvalue weighted by atomic mass is 16.4. The van der Waals surface area contributed by atoms with E-state index in [4.69, 9.17) is 5.11 Å². The van der Waals surface area contributed by atoms with Crippen LogP contribution in [-0.4, -0.2) is 25.8 Å². The molecule has 0 unspecified atom stereocenters. The van der Waals surface area contributed by atoms with Crippen LogP contribution in [0.25, 0.3) is 11.1 Å². The molecule has 0 saturated carbocycles. The van der Waals surface area contributed by atoms with Crippen LogP contribution in [0.1, 0.15) is 18.9 Å². The van der Waals surface area contributed by atoms with Crippen molar-refractivity contribution in [2.24, 2.45) is 0 Å². The minimum absolute atomic E-state index is 0.00998. The molecule has 0 aliphatic heterocycles. The zero-order valence-corrected chi connectivity index (χ0v) is 10.2. The summed E-state index contributed by atoms with van der Waals surface area (Å²) in [5, 5.41) is 13.0. The van der Waals surface area contributed by atoms with Gasteiger partial charge in [-0.15, -0.1) is 0 Å². The van der Waals surface area contributed by atoms with Crippen molar-refractivity contribution < 1.29 is 9.90 Å². The van der Waals surface area contributed by atoms with Gasteiger partial charge in [-0.2, -0.15) is 5.10 Å². The average molecular weight is 245 g/mol. The number of hydrogen-bond acceptors (Lipinski definition) is 3. The minimum Gasteiger partial charge on any atom is -0.481 e. The number of aromatic nitrogens is 3. The van der Waals surface area contributed by atoms with E-state index in [2.05, 4.69) is 17.0 Å². The Morgan fingerprint density at radius 1 is 1.33 bits per heavy atom. The summed E-state index contributed by atoms with van der Waals surface area (Å²) < 4.78 is 1.87. The minimum atomic E-state index is -0.851. The molecule has 2 aromatic heterocycles. The third-order valence-corrected chi connectivity index (χ3v) is 2.57. The van der Waals surface area contributed by atoms with Gasteiger partial charge in [-0.3, -0.25) is 14.5 Å². The van der Waals surface area contributed by atoms with Gasteiger partial charge in [0.15, 0.2) is 0 Å². The Morgan fingerprint density at radius 2 is 2.17 bits per heavy atom. The van der Waals surface area contributed by atoms with Crippen LogP contribution in [0.15, 0.2) is 30.9 Å². The van der Waals surface area contributed by atoms with E-state index in [0.29, 0.717) is 5.56 Å². The second kappa shape index (κ2) is 5.44. The van der Waals surface area contributed by atoms with Gasteiger partial charge >= 0.3 is 5.97 Å². The highest BCUT2D eigenvalue weighted by Crippen LogP contribution is 2.18. The number of carbonyl (C=O) groups is 1. The Hall–Kier alpha value is -2.17. The first-order valence-corrected chi connectivity index (χ1v) is 5.87. The van der Waals surface area contributed by atoms with Gasteiger partial charge in [0.2, 0.25) is 0 Å². The Kier molecular flexibility index (Phi) is 3.72. The number of aliphatic carboxylic acids is 1. The molecule has 2 rings (SSSR count). The molecule has 0 fully saturated rings. The standard InChI is InChI=1S/C13H15N3O2/c1-2-3-16-9-12(8-15-16)11-4-10(5-13(17)18)6-14-7-11/h4,6-9H,2-3,5H2,1H3,(H,17,18). The van der Waals surface area contributed by atoms with Crippen molar-refractivity contribution in [1.29, 1.82) is 0 Å². The van der Waals surface area contributed by atoms with Crippen molar-refractivity contribution in [3.63, 3.8) is 0 Å². The molecule has 5 heteroatoms. The number of aryl methyl sites for hydroxylation is 1. The van der Waals surface area contributed by atoms with Gasteiger partial charge in [0, 0.05) is 36.3 Å². The van der Waals surface area contributed by atoms with Crippen molar-refractivity contribution in [1.82, 2.24) is 14.8 Å². The van der Waals surface area contributed by atoms with Crippen LogP contribution in [0, 0.1) is 0 Å². The number of rotatable bonds is 5. The molecule has 94 valence electrons. The summed E-state index contributed by atoms with van der Waals surface area (Å²) in [5.41, 5.74) is 2.56. The fourth-order valence-corrected chi connectivity index (χ4v) is 1.78. The van der Waals surface area contributed by atoms with Crippen LogP contribution >= 0.6 is 0 Å². The first-order chi connectivity index (χ1) is 8.69. The van der Waals surface area contributed by atoms with Crippen LogP contribution in [-0.2, 0) is 17.8 Å². The van der Waals surface area contributed by atoms with E-state index in [9.17, 15) is 4.79 Å². The van der Waals surface area contributed by atoms with E-state index >= 15 is 0 Å². The summed E-state index contributed by atoms with van der Waals surface area (Å²) in [4.78, 5) is 14.7. The van der Waals surface area contributed by atoms with Crippen LogP contribution in [0.3, 0.4) is 0 Å².